The lowest BCUT2D eigenvalue weighted by Gasteiger charge is -2.13. The maximum absolute atomic E-state index is 13.0. The van der Waals surface area contributed by atoms with Crippen LogP contribution in [0.25, 0.3) is 11.0 Å². The predicted molar refractivity (Wildman–Crippen MR) is 102 cm³/mol. The third-order valence-electron chi connectivity index (χ3n) is 4.00. The van der Waals surface area contributed by atoms with E-state index in [-0.39, 0.29) is 23.1 Å². The van der Waals surface area contributed by atoms with Crippen LogP contribution in [0.1, 0.15) is 35.8 Å². The number of carbonyl (C=O) groups excluding carboxylic acids is 1. The topological polar surface area (TPSA) is 34.9 Å². The van der Waals surface area contributed by atoms with Crippen molar-refractivity contribution < 1.29 is 18.0 Å². The maximum atomic E-state index is 13.0. The summed E-state index contributed by atoms with van der Waals surface area (Å²) >= 11 is 7.03. The minimum absolute atomic E-state index is 0.0140. The summed E-state index contributed by atoms with van der Waals surface area (Å²) in [5.74, 6) is 0.0269. The van der Waals surface area contributed by atoms with Gasteiger partial charge in [0.1, 0.15) is 0 Å². The zero-order valence-corrected chi connectivity index (χ0v) is 16.1. The van der Waals surface area contributed by atoms with Crippen molar-refractivity contribution in [2.75, 3.05) is 5.75 Å². The first-order chi connectivity index (χ1) is 12.7. The number of thioether (sulfide) groups is 1. The highest BCUT2D eigenvalue weighted by molar-refractivity contribution is 7.99. The number of imidazole rings is 1. The second-order valence-electron chi connectivity index (χ2n) is 6.28. The van der Waals surface area contributed by atoms with E-state index in [4.69, 9.17) is 11.6 Å². The fourth-order valence-electron chi connectivity index (χ4n) is 2.70. The van der Waals surface area contributed by atoms with Gasteiger partial charge in [0, 0.05) is 16.6 Å². The molecule has 0 unspecified atom stereocenters. The number of hydrogen-bond acceptors (Lipinski definition) is 3. The molecule has 0 aliphatic rings. The van der Waals surface area contributed by atoms with Gasteiger partial charge in [0.05, 0.1) is 22.3 Å². The van der Waals surface area contributed by atoms with Gasteiger partial charge in [-0.2, -0.15) is 13.2 Å². The first-order valence-corrected chi connectivity index (χ1v) is 9.54. The van der Waals surface area contributed by atoms with Gasteiger partial charge in [-0.25, -0.2) is 4.98 Å². The second kappa shape index (κ2) is 7.56. The Bertz CT molecular complexity index is 981. The average Bonchev–Trinajstić information content (AvgIpc) is 2.97. The molecule has 3 rings (SSSR count). The molecule has 0 aliphatic heterocycles. The Hall–Kier alpha value is -1.99. The summed E-state index contributed by atoms with van der Waals surface area (Å²) in [5, 5.41) is 1.06. The van der Waals surface area contributed by atoms with E-state index >= 15 is 0 Å². The predicted octanol–water partition coefficient (Wildman–Crippen LogP) is 6.26. The molecule has 1 aromatic heterocycles. The Balaban J connectivity index is 1.89. The number of Topliss-reactive ketones (excluding diaryl/α,β-unsaturated/α-hetero) is 1. The van der Waals surface area contributed by atoms with Gasteiger partial charge in [0.25, 0.3) is 0 Å². The number of rotatable bonds is 5. The molecule has 3 nitrogen and oxygen atoms in total. The summed E-state index contributed by atoms with van der Waals surface area (Å²) in [6.07, 6.45) is -4.42. The normalized spacial score (nSPS) is 12.1. The number of nitrogens with zero attached hydrogens (tertiary/aromatic N) is 2. The monoisotopic (exact) mass is 412 g/mol. The van der Waals surface area contributed by atoms with Gasteiger partial charge in [0.2, 0.25) is 0 Å². The summed E-state index contributed by atoms with van der Waals surface area (Å²) in [5.41, 5.74) is 0.662. The first-order valence-electron chi connectivity index (χ1n) is 8.17. The first kappa shape index (κ1) is 19.8. The number of halogens is 4. The van der Waals surface area contributed by atoms with Crippen LogP contribution < -0.4 is 0 Å². The number of alkyl halides is 3. The number of fused-ring (bicyclic) bond motifs is 1. The van der Waals surface area contributed by atoms with Gasteiger partial charge in [-0.3, -0.25) is 4.79 Å². The van der Waals surface area contributed by atoms with Crippen LogP contribution in [0.2, 0.25) is 5.02 Å². The van der Waals surface area contributed by atoms with Crippen LogP contribution in [0.5, 0.6) is 0 Å². The molecular formula is C19H16ClF3N2OS. The van der Waals surface area contributed by atoms with Crippen LogP contribution in [0.3, 0.4) is 0 Å². The third kappa shape index (κ3) is 4.30. The zero-order valence-electron chi connectivity index (χ0n) is 14.5. The lowest BCUT2D eigenvalue weighted by molar-refractivity contribution is -0.137. The largest absolute Gasteiger partial charge is 0.416 e. The summed E-state index contributed by atoms with van der Waals surface area (Å²) < 4.78 is 40.7. The van der Waals surface area contributed by atoms with Crippen LogP contribution in [0.15, 0.2) is 47.6 Å². The minimum atomic E-state index is -4.42. The molecule has 0 atom stereocenters. The van der Waals surface area contributed by atoms with Crippen molar-refractivity contribution in [3.05, 3.63) is 58.6 Å². The molecule has 0 amide bonds. The second-order valence-corrected chi connectivity index (χ2v) is 7.66. The van der Waals surface area contributed by atoms with Crippen molar-refractivity contribution in [2.24, 2.45) is 0 Å². The van der Waals surface area contributed by atoms with E-state index in [0.717, 1.165) is 12.1 Å². The standard InChI is InChI=1S/C19H16ClF3N2OS/c1-11(2)25-16-8-5-13(19(21,22)23)9-15(16)24-18(25)27-10-17(26)12-3-6-14(20)7-4-12/h3-9,11H,10H2,1-2H3. The van der Waals surface area contributed by atoms with Crippen LogP contribution in [0, 0.1) is 0 Å². The highest BCUT2D eigenvalue weighted by Crippen LogP contribution is 2.34. The highest BCUT2D eigenvalue weighted by atomic mass is 35.5. The van der Waals surface area contributed by atoms with Gasteiger partial charge in [-0.1, -0.05) is 23.4 Å². The Morgan fingerprint density at radius 2 is 1.85 bits per heavy atom. The summed E-state index contributed by atoms with van der Waals surface area (Å²) in [6.45, 7) is 3.84. The van der Waals surface area contributed by atoms with E-state index in [2.05, 4.69) is 4.98 Å². The highest BCUT2D eigenvalue weighted by Gasteiger charge is 2.31. The molecule has 0 radical (unpaired) electrons. The van der Waals surface area contributed by atoms with Gasteiger partial charge in [0.15, 0.2) is 10.9 Å². The van der Waals surface area contributed by atoms with Gasteiger partial charge in [-0.05, 0) is 56.3 Å². The Morgan fingerprint density at radius 3 is 2.44 bits per heavy atom. The maximum Gasteiger partial charge on any atom is 0.416 e. The van der Waals surface area contributed by atoms with E-state index in [9.17, 15) is 18.0 Å². The molecule has 0 saturated heterocycles. The molecule has 27 heavy (non-hydrogen) atoms. The van der Waals surface area contributed by atoms with E-state index in [1.165, 1.54) is 17.8 Å². The van der Waals surface area contributed by atoms with E-state index in [1.807, 2.05) is 18.4 Å². The Labute approximate surface area is 163 Å². The summed E-state index contributed by atoms with van der Waals surface area (Å²) in [4.78, 5) is 16.7. The van der Waals surface area contributed by atoms with Gasteiger partial charge in [-0.15, -0.1) is 0 Å². The fraction of sp³-hybridized carbons (Fsp3) is 0.263. The molecule has 0 fully saturated rings. The molecule has 2 aromatic carbocycles. The number of benzene rings is 2. The molecule has 0 bridgehead atoms. The smallest absolute Gasteiger partial charge is 0.316 e. The molecular weight excluding hydrogens is 397 g/mol. The van der Waals surface area contributed by atoms with Crippen molar-refractivity contribution in [3.8, 4) is 0 Å². The van der Waals surface area contributed by atoms with E-state index in [0.29, 0.717) is 21.3 Å². The average molecular weight is 413 g/mol. The van der Waals surface area contributed by atoms with Crippen LogP contribution in [-0.2, 0) is 6.18 Å². The van der Waals surface area contributed by atoms with Crippen molar-refractivity contribution in [3.63, 3.8) is 0 Å². The van der Waals surface area contributed by atoms with Crippen molar-refractivity contribution in [1.82, 2.24) is 9.55 Å². The van der Waals surface area contributed by atoms with Gasteiger partial charge < -0.3 is 4.57 Å². The number of carbonyl (C=O) groups is 1. The molecule has 3 aromatic rings. The molecule has 8 heteroatoms. The van der Waals surface area contributed by atoms with E-state index < -0.39 is 11.7 Å². The molecule has 1 heterocycles. The number of hydrogen-bond donors (Lipinski definition) is 0. The number of ketones is 1. The Morgan fingerprint density at radius 1 is 1.19 bits per heavy atom. The van der Waals surface area contributed by atoms with Crippen molar-refractivity contribution in [2.45, 2.75) is 31.2 Å². The fourth-order valence-corrected chi connectivity index (χ4v) is 3.87. The van der Waals surface area contributed by atoms with Crippen LogP contribution >= 0.6 is 23.4 Å². The lowest BCUT2D eigenvalue weighted by atomic mass is 10.1. The molecule has 0 aliphatic carbocycles. The van der Waals surface area contributed by atoms with Crippen molar-refractivity contribution >= 4 is 40.2 Å². The third-order valence-corrected chi connectivity index (χ3v) is 5.20. The molecule has 0 saturated carbocycles. The van der Waals surface area contributed by atoms with Crippen LogP contribution in [-0.4, -0.2) is 21.1 Å². The summed E-state index contributed by atoms with van der Waals surface area (Å²) in [6, 6.07) is 10.1. The number of aromatic nitrogens is 2. The quantitative estimate of drug-likeness (QED) is 0.366. The molecule has 142 valence electrons. The zero-order chi connectivity index (χ0) is 19.8. The van der Waals surface area contributed by atoms with Gasteiger partial charge >= 0.3 is 6.18 Å². The lowest BCUT2D eigenvalue weighted by Crippen LogP contribution is -2.07. The van der Waals surface area contributed by atoms with Crippen molar-refractivity contribution in [1.29, 1.82) is 0 Å². The minimum Gasteiger partial charge on any atom is -0.316 e. The summed E-state index contributed by atoms with van der Waals surface area (Å²) in [7, 11) is 0. The Kier molecular flexibility index (Phi) is 5.53. The van der Waals surface area contributed by atoms with Crippen LogP contribution in [0.4, 0.5) is 13.2 Å². The van der Waals surface area contributed by atoms with E-state index in [1.54, 1.807) is 24.3 Å². The molecule has 0 N–H and O–H groups in total. The molecule has 0 spiro atoms. The SMILES string of the molecule is CC(C)n1c(SCC(=O)c2ccc(Cl)cc2)nc2cc(C(F)(F)F)ccc21.